The van der Waals surface area contributed by atoms with Crippen molar-refractivity contribution < 1.29 is 13.2 Å². The van der Waals surface area contributed by atoms with E-state index in [0.29, 0.717) is 43.2 Å². The summed E-state index contributed by atoms with van der Waals surface area (Å²) < 4.78 is 25.4. The first kappa shape index (κ1) is 17.5. The van der Waals surface area contributed by atoms with Crippen LogP contribution in [-0.4, -0.2) is 37.6 Å². The van der Waals surface area contributed by atoms with Gasteiger partial charge in [-0.3, -0.25) is 4.79 Å². The number of carbonyl (C=O) groups excluding carboxylic acids is 1. The van der Waals surface area contributed by atoms with Crippen molar-refractivity contribution in [2.24, 2.45) is 5.92 Å². The molecule has 0 atom stereocenters. The largest absolute Gasteiger partial charge is 0.343 e. The molecule has 3 rings (SSSR count). The number of rotatable bonds is 4. The lowest BCUT2D eigenvalue weighted by molar-refractivity contribution is -0.133. The summed E-state index contributed by atoms with van der Waals surface area (Å²) in [6.07, 6.45) is 7.88. The first-order valence-corrected chi connectivity index (χ1v) is 10.7. The van der Waals surface area contributed by atoms with Crippen LogP contribution in [0.25, 0.3) is 0 Å². The molecule has 0 aromatic heterocycles. The van der Waals surface area contributed by atoms with Gasteiger partial charge in [0.25, 0.3) is 0 Å². The van der Waals surface area contributed by atoms with E-state index in [4.69, 9.17) is 0 Å². The predicted octanol–water partition coefficient (Wildman–Crippen LogP) is 3.42. The van der Waals surface area contributed by atoms with Crippen LogP contribution in [0, 0.1) is 5.92 Å². The first-order chi connectivity index (χ1) is 11.6. The van der Waals surface area contributed by atoms with Gasteiger partial charge in [0.15, 0.2) is 9.84 Å². The molecule has 0 bridgehead atoms. The highest BCUT2D eigenvalue weighted by molar-refractivity contribution is 7.92. The molecule has 1 aliphatic carbocycles. The van der Waals surface area contributed by atoms with Gasteiger partial charge in [-0.05, 0) is 43.7 Å². The zero-order valence-corrected chi connectivity index (χ0v) is 15.0. The van der Waals surface area contributed by atoms with Crippen molar-refractivity contribution in [1.82, 2.24) is 4.90 Å². The average Bonchev–Trinajstić information content (AvgIpc) is 2.63. The molecule has 1 amide bonds. The van der Waals surface area contributed by atoms with Crippen LogP contribution < -0.4 is 0 Å². The summed E-state index contributed by atoms with van der Waals surface area (Å²) in [7, 11) is -3.28. The second-order valence-electron chi connectivity index (χ2n) is 7.15. The van der Waals surface area contributed by atoms with Gasteiger partial charge in [-0.2, -0.15) is 0 Å². The van der Waals surface area contributed by atoms with Crippen LogP contribution in [0.5, 0.6) is 0 Å². The number of amides is 1. The zero-order chi connectivity index (χ0) is 17.0. The Morgan fingerprint density at radius 2 is 1.58 bits per heavy atom. The highest BCUT2D eigenvalue weighted by Gasteiger charge is 2.33. The molecule has 0 unspecified atom stereocenters. The summed E-state index contributed by atoms with van der Waals surface area (Å²) >= 11 is 0. The average molecular weight is 349 g/mol. The smallest absolute Gasteiger partial charge is 0.222 e. The van der Waals surface area contributed by atoms with E-state index in [1.807, 2.05) is 11.0 Å². The van der Waals surface area contributed by atoms with E-state index in [0.717, 1.165) is 0 Å². The van der Waals surface area contributed by atoms with Gasteiger partial charge in [0.05, 0.1) is 10.1 Å². The molecule has 1 heterocycles. The van der Waals surface area contributed by atoms with Crippen molar-refractivity contribution in [3.8, 4) is 0 Å². The number of carbonyl (C=O) groups is 1. The maximum Gasteiger partial charge on any atom is 0.222 e. The van der Waals surface area contributed by atoms with Crippen LogP contribution >= 0.6 is 0 Å². The van der Waals surface area contributed by atoms with E-state index in [1.165, 1.54) is 32.1 Å². The highest BCUT2D eigenvalue weighted by Crippen LogP contribution is 2.29. The van der Waals surface area contributed by atoms with E-state index in [-0.39, 0.29) is 11.2 Å². The summed E-state index contributed by atoms with van der Waals surface area (Å²) in [5.41, 5.74) is 0. The number of likely N-dealkylation sites (tertiary alicyclic amines) is 1. The third kappa shape index (κ3) is 4.00. The molecule has 2 fully saturated rings. The van der Waals surface area contributed by atoms with Gasteiger partial charge in [-0.1, -0.05) is 37.5 Å². The third-order valence-electron chi connectivity index (χ3n) is 5.49. The quantitative estimate of drug-likeness (QED) is 0.837. The van der Waals surface area contributed by atoms with E-state index in [1.54, 1.807) is 24.3 Å². The Bertz CT molecular complexity index is 642. The molecular formula is C19H27NO3S. The van der Waals surface area contributed by atoms with E-state index in [2.05, 4.69) is 0 Å². The molecule has 0 spiro atoms. The van der Waals surface area contributed by atoms with Crippen molar-refractivity contribution in [3.05, 3.63) is 30.3 Å². The summed E-state index contributed by atoms with van der Waals surface area (Å²) in [6.45, 7) is 1.14. The second kappa shape index (κ2) is 7.68. The fourth-order valence-electron chi connectivity index (χ4n) is 3.99. The topological polar surface area (TPSA) is 54.5 Å². The minimum Gasteiger partial charge on any atom is -0.343 e. The number of piperidine rings is 1. The predicted molar refractivity (Wildman–Crippen MR) is 94.4 cm³/mol. The van der Waals surface area contributed by atoms with Gasteiger partial charge >= 0.3 is 0 Å². The summed E-state index contributed by atoms with van der Waals surface area (Å²) in [6, 6.07) is 8.67. The highest BCUT2D eigenvalue weighted by atomic mass is 32.2. The van der Waals surface area contributed by atoms with Crippen molar-refractivity contribution in [2.45, 2.75) is 61.5 Å². The number of sulfone groups is 1. The Balaban J connectivity index is 1.54. The maximum atomic E-state index is 12.7. The number of hydrogen-bond donors (Lipinski definition) is 0. The molecule has 1 aromatic rings. The Morgan fingerprint density at radius 1 is 0.958 bits per heavy atom. The number of hydrogen-bond acceptors (Lipinski definition) is 3. The lowest BCUT2D eigenvalue weighted by atomic mass is 9.86. The molecule has 24 heavy (non-hydrogen) atoms. The van der Waals surface area contributed by atoms with E-state index < -0.39 is 9.84 Å². The van der Waals surface area contributed by atoms with Crippen LogP contribution in [0.4, 0.5) is 0 Å². The Kier molecular flexibility index (Phi) is 5.59. The van der Waals surface area contributed by atoms with Crippen LogP contribution in [0.3, 0.4) is 0 Å². The molecule has 1 aromatic carbocycles. The molecule has 0 N–H and O–H groups in total. The van der Waals surface area contributed by atoms with Gasteiger partial charge < -0.3 is 4.90 Å². The second-order valence-corrected chi connectivity index (χ2v) is 9.37. The molecule has 2 aliphatic rings. The van der Waals surface area contributed by atoms with Gasteiger partial charge in [0.2, 0.25) is 5.91 Å². The number of nitrogens with zero attached hydrogens (tertiary/aromatic N) is 1. The summed E-state index contributed by atoms with van der Waals surface area (Å²) in [4.78, 5) is 14.7. The van der Waals surface area contributed by atoms with Crippen LogP contribution in [0.2, 0.25) is 0 Å². The van der Waals surface area contributed by atoms with Crippen LogP contribution in [0.1, 0.15) is 51.4 Å². The summed E-state index contributed by atoms with van der Waals surface area (Å²) in [5.74, 6) is 0.759. The van der Waals surface area contributed by atoms with Crippen LogP contribution in [0.15, 0.2) is 35.2 Å². The minimum atomic E-state index is -3.28. The monoisotopic (exact) mass is 349 g/mol. The molecule has 1 saturated carbocycles. The van der Waals surface area contributed by atoms with Crippen molar-refractivity contribution in [3.63, 3.8) is 0 Å². The van der Waals surface area contributed by atoms with Crippen LogP contribution in [-0.2, 0) is 14.6 Å². The normalized spacial score (nSPS) is 20.9. The fourth-order valence-corrected chi connectivity index (χ4v) is 5.74. The van der Waals surface area contributed by atoms with E-state index in [9.17, 15) is 13.2 Å². The molecule has 1 aliphatic heterocycles. The molecule has 132 valence electrons. The summed E-state index contributed by atoms with van der Waals surface area (Å²) in [5, 5.41) is -0.362. The molecule has 1 saturated heterocycles. The van der Waals surface area contributed by atoms with Crippen molar-refractivity contribution >= 4 is 15.7 Å². The fraction of sp³-hybridized carbons (Fsp3) is 0.632. The number of benzene rings is 1. The Labute approximate surface area is 145 Å². The molecule has 0 radical (unpaired) electrons. The lowest BCUT2D eigenvalue weighted by Crippen LogP contribution is -2.43. The van der Waals surface area contributed by atoms with Gasteiger partial charge in [0.1, 0.15) is 0 Å². The Hall–Kier alpha value is -1.36. The third-order valence-corrected chi connectivity index (χ3v) is 7.77. The van der Waals surface area contributed by atoms with Crippen molar-refractivity contribution in [2.75, 3.05) is 13.1 Å². The molecule has 5 heteroatoms. The lowest BCUT2D eigenvalue weighted by Gasteiger charge is -2.33. The maximum absolute atomic E-state index is 12.7. The van der Waals surface area contributed by atoms with Gasteiger partial charge in [0, 0.05) is 19.5 Å². The first-order valence-electron chi connectivity index (χ1n) is 9.14. The van der Waals surface area contributed by atoms with Gasteiger partial charge in [-0.15, -0.1) is 0 Å². The standard InChI is InChI=1S/C19H27NO3S/c21-19(15-16-7-3-1-4-8-16)20-13-11-18(12-14-20)24(22,23)17-9-5-2-6-10-17/h2,5-6,9-10,16,18H,1,3-4,7-8,11-15H2. The molecular weight excluding hydrogens is 322 g/mol. The van der Waals surface area contributed by atoms with Crippen molar-refractivity contribution in [1.29, 1.82) is 0 Å². The molecule has 4 nitrogen and oxygen atoms in total. The van der Waals surface area contributed by atoms with Gasteiger partial charge in [-0.25, -0.2) is 8.42 Å². The minimum absolute atomic E-state index is 0.220. The SMILES string of the molecule is O=C(CC1CCCCC1)N1CCC(S(=O)(=O)c2ccccc2)CC1. The van der Waals surface area contributed by atoms with E-state index >= 15 is 0 Å². The Morgan fingerprint density at radius 3 is 2.21 bits per heavy atom. The zero-order valence-electron chi connectivity index (χ0n) is 14.2.